The highest BCUT2D eigenvalue weighted by atomic mass is 16.5. The van der Waals surface area contributed by atoms with Crippen LogP contribution in [0, 0.1) is 0 Å². The highest BCUT2D eigenvalue weighted by molar-refractivity contribution is 5.95. The van der Waals surface area contributed by atoms with Crippen molar-refractivity contribution >= 4 is 5.78 Å². The van der Waals surface area contributed by atoms with Crippen molar-refractivity contribution in [2.24, 2.45) is 0 Å². The van der Waals surface area contributed by atoms with Gasteiger partial charge in [0, 0.05) is 12.7 Å². The van der Waals surface area contributed by atoms with E-state index in [9.17, 15) is 4.79 Å². The monoisotopic (exact) mass is 224 g/mol. The van der Waals surface area contributed by atoms with E-state index in [1.54, 1.807) is 16.9 Å². The van der Waals surface area contributed by atoms with Gasteiger partial charge in [-0.15, -0.1) is 0 Å². The van der Waals surface area contributed by atoms with Crippen molar-refractivity contribution in [3.63, 3.8) is 0 Å². The van der Waals surface area contributed by atoms with E-state index in [0.717, 1.165) is 13.0 Å². The number of ether oxygens (including phenoxy) is 1. The Morgan fingerprint density at radius 1 is 1.50 bits per heavy atom. The van der Waals surface area contributed by atoms with E-state index in [2.05, 4.69) is 12.0 Å². The molecule has 1 heterocycles. The van der Waals surface area contributed by atoms with E-state index >= 15 is 0 Å². The summed E-state index contributed by atoms with van der Waals surface area (Å²) < 4.78 is 7.19. The number of nitrogens with zero attached hydrogens (tertiary/aromatic N) is 2. The van der Waals surface area contributed by atoms with Gasteiger partial charge in [0.15, 0.2) is 0 Å². The molecular formula is C12H20N2O2. The summed E-state index contributed by atoms with van der Waals surface area (Å²) >= 11 is 0. The van der Waals surface area contributed by atoms with E-state index in [0.29, 0.717) is 5.69 Å². The van der Waals surface area contributed by atoms with Crippen LogP contribution in [0.15, 0.2) is 12.3 Å². The van der Waals surface area contributed by atoms with Crippen LogP contribution in [-0.4, -0.2) is 27.8 Å². The molecule has 1 aromatic heterocycles. The van der Waals surface area contributed by atoms with Gasteiger partial charge in [0.05, 0.1) is 5.60 Å². The third kappa shape index (κ3) is 3.77. The van der Waals surface area contributed by atoms with Crippen LogP contribution in [0.4, 0.5) is 0 Å². The molecular weight excluding hydrogens is 204 g/mol. The largest absolute Gasteiger partial charge is 0.368 e. The minimum absolute atomic E-state index is 0.0131. The van der Waals surface area contributed by atoms with Gasteiger partial charge in [-0.2, -0.15) is 5.10 Å². The first kappa shape index (κ1) is 12.9. The molecule has 1 aromatic rings. The average molecular weight is 224 g/mol. The SMILES string of the molecule is CCCn1nccc1C(=O)COC(C)(C)C. The van der Waals surface area contributed by atoms with Crippen molar-refractivity contribution in [3.8, 4) is 0 Å². The van der Waals surface area contributed by atoms with Crippen LogP contribution in [0.1, 0.15) is 44.6 Å². The third-order valence-electron chi connectivity index (χ3n) is 2.07. The second-order valence-corrected chi connectivity index (χ2v) is 4.76. The molecule has 0 aromatic carbocycles. The fraction of sp³-hybridized carbons (Fsp3) is 0.667. The lowest BCUT2D eigenvalue weighted by molar-refractivity contribution is 0.00264. The van der Waals surface area contributed by atoms with Crippen molar-refractivity contribution in [2.45, 2.75) is 46.3 Å². The maximum atomic E-state index is 11.9. The number of Topliss-reactive ketones (excluding diaryl/α,β-unsaturated/α-hetero) is 1. The first-order valence-electron chi connectivity index (χ1n) is 5.63. The number of carbonyl (C=O) groups excluding carboxylic acids is 1. The van der Waals surface area contributed by atoms with Gasteiger partial charge in [-0.3, -0.25) is 9.48 Å². The molecule has 0 fully saturated rings. The lowest BCUT2D eigenvalue weighted by atomic mass is 10.2. The number of rotatable bonds is 5. The zero-order chi connectivity index (χ0) is 12.2. The lowest BCUT2D eigenvalue weighted by Gasteiger charge is -2.18. The zero-order valence-electron chi connectivity index (χ0n) is 10.5. The molecule has 4 nitrogen and oxygen atoms in total. The topological polar surface area (TPSA) is 44.1 Å². The van der Waals surface area contributed by atoms with Gasteiger partial charge in [-0.1, -0.05) is 6.92 Å². The molecule has 0 saturated heterocycles. The Bertz CT molecular complexity index is 350. The van der Waals surface area contributed by atoms with Crippen LogP contribution in [0.25, 0.3) is 0 Å². The number of carbonyl (C=O) groups is 1. The summed E-state index contributed by atoms with van der Waals surface area (Å²) in [5.74, 6) is -0.0131. The Morgan fingerprint density at radius 2 is 2.19 bits per heavy atom. The Kier molecular flexibility index (Phi) is 4.24. The van der Waals surface area contributed by atoms with Gasteiger partial charge in [0.1, 0.15) is 12.3 Å². The maximum absolute atomic E-state index is 11.9. The van der Waals surface area contributed by atoms with Crippen LogP contribution in [0.5, 0.6) is 0 Å². The number of hydrogen-bond acceptors (Lipinski definition) is 3. The summed E-state index contributed by atoms with van der Waals surface area (Å²) in [5.41, 5.74) is 0.344. The fourth-order valence-corrected chi connectivity index (χ4v) is 1.32. The highest BCUT2D eigenvalue weighted by Gasteiger charge is 2.16. The van der Waals surface area contributed by atoms with Gasteiger partial charge in [-0.05, 0) is 33.3 Å². The number of aryl methyl sites for hydroxylation is 1. The molecule has 0 atom stereocenters. The van der Waals surface area contributed by atoms with Crippen molar-refractivity contribution < 1.29 is 9.53 Å². The summed E-state index contributed by atoms with van der Waals surface area (Å²) in [4.78, 5) is 11.9. The van der Waals surface area contributed by atoms with Gasteiger partial charge >= 0.3 is 0 Å². The summed E-state index contributed by atoms with van der Waals surface area (Å²) in [6.07, 6.45) is 2.61. The van der Waals surface area contributed by atoms with Gasteiger partial charge in [0.2, 0.25) is 5.78 Å². The van der Waals surface area contributed by atoms with Crippen LogP contribution >= 0.6 is 0 Å². The molecule has 90 valence electrons. The van der Waals surface area contributed by atoms with Crippen molar-refractivity contribution in [1.82, 2.24) is 9.78 Å². The quantitative estimate of drug-likeness (QED) is 0.721. The number of ketones is 1. The first-order valence-corrected chi connectivity index (χ1v) is 5.63. The van der Waals surface area contributed by atoms with Crippen LogP contribution < -0.4 is 0 Å². The molecule has 16 heavy (non-hydrogen) atoms. The van der Waals surface area contributed by atoms with E-state index < -0.39 is 0 Å². The second-order valence-electron chi connectivity index (χ2n) is 4.76. The zero-order valence-corrected chi connectivity index (χ0v) is 10.5. The molecule has 0 aliphatic carbocycles. The maximum Gasteiger partial charge on any atom is 0.206 e. The Balaban J connectivity index is 2.62. The minimum Gasteiger partial charge on any atom is -0.368 e. The molecule has 1 rings (SSSR count). The summed E-state index contributed by atoms with van der Waals surface area (Å²) in [6, 6.07) is 1.74. The fourth-order valence-electron chi connectivity index (χ4n) is 1.32. The van der Waals surface area contributed by atoms with E-state index in [4.69, 9.17) is 4.74 Å². The highest BCUT2D eigenvalue weighted by Crippen LogP contribution is 2.09. The second kappa shape index (κ2) is 5.25. The van der Waals surface area contributed by atoms with Gasteiger partial charge in [0.25, 0.3) is 0 Å². The molecule has 0 saturated carbocycles. The minimum atomic E-state index is -0.286. The standard InChI is InChI=1S/C12H20N2O2/c1-5-8-14-10(6-7-13-14)11(15)9-16-12(2,3)4/h6-7H,5,8-9H2,1-4H3. The molecule has 0 amide bonds. The number of aromatic nitrogens is 2. The predicted molar refractivity (Wildman–Crippen MR) is 62.6 cm³/mol. The van der Waals surface area contributed by atoms with Crippen molar-refractivity contribution in [3.05, 3.63) is 18.0 Å². The van der Waals surface area contributed by atoms with Gasteiger partial charge in [-0.25, -0.2) is 0 Å². The normalized spacial score (nSPS) is 11.8. The molecule has 0 bridgehead atoms. The molecule has 0 spiro atoms. The van der Waals surface area contributed by atoms with Crippen LogP contribution in [0.2, 0.25) is 0 Å². The van der Waals surface area contributed by atoms with E-state index in [1.165, 1.54) is 0 Å². The molecule has 4 heteroatoms. The Hall–Kier alpha value is -1.16. The van der Waals surface area contributed by atoms with Gasteiger partial charge < -0.3 is 4.74 Å². The molecule has 0 aliphatic heterocycles. The summed E-state index contributed by atoms with van der Waals surface area (Å²) in [6.45, 7) is 8.74. The van der Waals surface area contributed by atoms with E-state index in [-0.39, 0.29) is 18.0 Å². The van der Waals surface area contributed by atoms with Crippen LogP contribution in [-0.2, 0) is 11.3 Å². The molecule has 0 aliphatic rings. The smallest absolute Gasteiger partial charge is 0.206 e. The number of hydrogen-bond donors (Lipinski definition) is 0. The average Bonchev–Trinajstić information content (AvgIpc) is 2.62. The first-order chi connectivity index (χ1) is 7.44. The third-order valence-corrected chi connectivity index (χ3v) is 2.07. The summed E-state index contributed by atoms with van der Waals surface area (Å²) in [5, 5.41) is 4.11. The van der Waals surface area contributed by atoms with Crippen molar-refractivity contribution in [2.75, 3.05) is 6.61 Å². The Labute approximate surface area is 96.6 Å². The lowest BCUT2D eigenvalue weighted by Crippen LogP contribution is -2.25. The van der Waals surface area contributed by atoms with Crippen molar-refractivity contribution in [1.29, 1.82) is 0 Å². The van der Waals surface area contributed by atoms with E-state index in [1.807, 2.05) is 20.8 Å². The molecule has 0 N–H and O–H groups in total. The molecule has 0 radical (unpaired) electrons. The Morgan fingerprint density at radius 3 is 2.75 bits per heavy atom. The summed E-state index contributed by atoms with van der Waals surface area (Å²) in [7, 11) is 0. The predicted octanol–water partition coefficient (Wildman–Crippen LogP) is 2.29. The van der Waals surface area contributed by atoms with Crippen LogP contribution in [0.3, 0.4) is 0 Å². The molecule has 0 unspecified atom stereocenters.